The Morgan fingerprint density at radius 3 is 2.92 bits per heavy atom. The van der Waals surface area contributed by atoms with Crippen molar-refractivity contribution in [2.45, 2.75) is 25.8 Å². The summed E-state index contributed by atoms with van der Waals surface area (Å²) in [6, 6.07) is 0.182. The lowest BCUT2D eigenvalue weighted by Crippen LogP contribution is -2.48. The first-order chi connectivity index (χ1) is 5.75. The minimum Gasteiger partial charge on any atom is -0.465 e. The molecule has 0 aromatic rings. The third-order valence-corrected chi connectivity index (χ3v) is 2.30. The van der Waals surface area contributed by atoms with Crippen molar-refractivity contribution in [3.63, 3.8) is 0 Å². The van der Waals surface area contributed by atoms with Gasteiger partial charge >= 0.3 is 6.09 Å². The number of hydrogen-bond acceptors (Lipinski definition) is 2. The first kappa shape index (κ1) is 9.32. The molecule has 4 nitrogen and oxygen atoms in total. The summed E-state index contributed by atoms with van der Waals surface area (Å²) in [7, 11) is 0. The van der Waals surface area contributed by atoms with Crippen LogP contribution in [0.3, 0.4) is 0 Å². The molecule has 1 heterocycles. The molecule has 70 valence electrons. The van der Waals surface area contributed by atoms with E-state index in [1.165, 1.54) is 4.90 Å². The maximum absolute atomic E-state index is 10.7. The normalized spacial score (nSPS) is 23.6. The van der Waals surface area contributed by atoms with Crippen molar-refractivity contribution in [2.24, 2.45) is 0 Å². The van der Waals surface area contributed by atoms with Gasteiger partial charge in [0, 0.05) is 19.1 Å². The van der Waals surface area contributed by atoms with E-state index in [0.717, 1.165) is 25.9 Å². The number of nitrogens with one attached hydrogen (secondary N) is 1. The van der Waals surface area contributed by atoms with E-state index in [4.69, 9.17) is 5.11 Å². The zero-order valence-electron chi connectivity index (χ0n) is 7.42. The molecule has 0 aromatic heterocycles. The SMILES string of the molecule is CCN(C(=O)O)[C@H]1CCCNC1. The molecule has 0 aromatic carbocycles. The summed E-state index contributed by atoms with van der Waals surface area (Å²) in [6.45, 7) is 4.29. The Kier molecular flexibility index (Phi) is 3.34. The van der Waals surface area contributed by atoms with Crippen molar-refractivity contribution in [1.82, 2.24) is 10.2 Å². The molecule has 0 radical (unpaired) electrons. The van der Waals surface area contributed by atoms with Crippen LogP contribution in [0.25, 0.3) is 0 Å². The Morgan fingerprint density at radius 2 is 2.50 bits per heavy atom. The van der Waals surface area contributed by atoms with Crippen molar-refractivity contribution in [1.29, 1.82) is 0 Å². The second-order valence-electron chi connectivity index (χ2n) is 3.07. The monoisotopic (exact) mass is 172 g/mol. The molecule has 2 N–H and O–H groups in total. The van der Waals surface area contributed by atoms with Gasteiger partial charge in [0.15, 0.2) is 0 Å². The molecule has 1 fully saturated rings. The van der Waals surface area contributed by atoms with Gasteiger partial charge < -0.3 is 15.3 Å². The third kappa shape index (κ3) is 2.11. The Labute approximate surface area is 72.6 Å². The number of piperidine rings is 1. The van der Waals surface area contributed by atoms with E-state index in [1.54, 1.807) is 0 Å². The molecule has 4 heteroatoms. The quantitative estimate of drug-likeness (QED) is 0.646. The van der Waals surface area contributed by atoms with Crippen LogP contribution >= 0.6 is 0 Å². The van der Waals surface area contributed by atoms with Crippen molar-refractivity contribution < 1.29 is 9.90 Å². The number of nitrogens with zero attached hydrogens (tertiary/aromatic N) is 1. The molecule has 1 saturated heterocycles. The number of hydrogen-bond donors (Lipinski definition) is 2. The van der Waals surface area contributed by atoms with E-state index in [2.05, 4.69) is 5.32 Å². The zero-order chi connectivity index (χ0) is 8.97. The maximum atomic E-state index is 10.7. The predicted molar refractivity (Wildman–Crippen MR) is 46.3 cm³/mol. The summed E-state index contributed by atoms with van der Waals surface area (Å²) < 4.78 is 0. The number of rotatable bonds is 2. The molecular weight excluding hydrogens is 156 g/mol. The van der Waals surface area contributed by atoms with Gasteiger partial charge in [0.05, 0.1) is 0 Å². The molecule has 1 amide bonds. The minimum absolute atomic E-state index is 0.182. The molecule has 0 bridgehead atoms. The Balaban J connectivity index is 2.46. The average Bonchev–Trinajstić information content (AvgIpc) is 2.07. The molecular formula is C8H16N2O2. The summed E-state index contributed by atoms with van der Waals surface area (Å²) >= 11 is 0. The van der Waals surface area contributed by atoms with E-state index < -0.39 is 6.09 Å². The highest BCUT2D eigenvalue weighted by Gasteiger charge is 2.22. The van der Waals surface area contributed by atoms with Gasteiger partial charge in [-0.15, -0.1) is 0 Å². The molecule has 12 heavy (non-hydrogen) atoms. The fourth-order valence-electron chi connectivity index (χ4n) is 1.65. The molecule has 1 atom stereocenters. The van der Waals surface area contributed by atoms with Crippen LogP contribution in [0.4, 0.5) is 4.79 Å². The molecule has 1 aliphatic rings. The highest BCUT2D eigenvalue weighted by Crippen LogP contribution is 2.09. The van der Waals surface area contributed by atoms with E-state index >= 15 is 0 Å². The summed E-state index contributed by atoms with van der Waals surface area (Å²) in [5.74, 6) is 0. The third-order valence-electron chi connectivity index (χ3n) is 2.30. The smallest absolute Gasteiger partial charge is 0.407 e. The van der Waals surface area contributed by atoms with Crippen LogP contribution in [0.5, 0.6) is 0 Å². The lowest BCUT2D eigenvalue weighted by atomic mass is 10.1. The van der Waals surface area contributed by atoms with E-state index in [1.807, 2.05) is 6.92 Å². The summed E-state index contributed by atoms with van der Waals surface area (Å²) in [5.41, 5.74) is 0. The number of carboxylic acid groups (broad SMARTS) is 1. The Bertz CT molecular complexity index is 155. The second-order valence-corrected chi connectivity index (χ2v) is 3.07. The maximum Gasteiger partial charge on any atom is 0.407 e. The molecule has 0 unspecified atom stereocenters. The van der Waals surface area contributed by atoms with Crippen LogP contribution in [0.15, 0.2) is 0 Å². The van der Waals surface area contributed by atoms with Crippen LogP contribution in [-0.4, -0.2) is 41.8 Å². The van der Waals surface area contributed by atoms with Gasteiger partial charge in [0.1, 0.15) is 0 Å². The van der Waals surface area contributed by atoms with Crippen LogP contribution < -0.4 is 5.32 Å². The molecule has 1 aliphatic heterocycles. The summed E-state index contributed by atoms with van der Waals surface area (Å²) in [5, 5.41) is 12.0. The van der Waals surface area contributed by atoms with Crippen LogP contribution in [0, 0.1) is 0 Å². The van der Waals surface area contributed by atoms with E-state index in [-0.39, 0.29) is 6.04 Å². The first-order valence-corrected chi connectivity index (χ1v) is 4.46. The van der Waals surface area contributed by atoms with Crippen molar-refractivity contribution in [3.8, 4) is 0 Å². The highest BCUT2D eigenvalue weighted by molar-refractivity contribution is 5.65. The lowest BCUT2D eigenvalue weighted by molar-refractivity contribution is 0.118. The van der Waals surface area contributed by atoms with Gasteiger partial charge in [-0.25, -0.2) is 4.79 Å². The molecule has 1 rings (SSSR count). The highest BCUT2D eigenvalue weighted by atomic mass is 16.4. The van der Waals surface area contributed by atoms with Gasteiger partial charge in [-0.2, -0.15) is 0 Å². The van der Waals surface area contributed by atoms with Crippen molar-refractivity contribution in [3.05, 3.63) is 0 Å². The second kappa shape index (κ2) is 4.30. The van der Waals surface area contributed by atoms with Gasteiger partial charge in [-0.05, 0) is 26.3 Å². The van der Waals surface area contributed by atoms with Gasteiger partial charge in [0.2, 0.25) is 0 Å². The first-order valence-electron chi connectivity index (χ1n) is 4.46. The standard InChI is InChI=1S/C8H16N2O2/c1-2-10(8(11)12)7-4-3-5-9-6-7/h7,9H,2-6H2,1H3,(H,11,12)/t7-/m0/s1. The minimum atomic E-state index is -0.800. The fraction of sp³-hybridized carbons (Fsp3) is 0.875. The zero-order valence-corrected chi connectivity index (χ0v) is 7.42. The van der Waals surface area contributed by atoms with Gasteiger partial charge in [-0.3, -0.25) is 0 Å². The number of amides is 1. The summed E-state index contributed by atoms with van der Waals surface area (Å²) in [6.07, 6.45) is 1.27. The summed E-state index contributed by atoms with van der Waals surface area (Å²) in [4.78, 5) is 12.2. The van der Waals surface area contributed by atoms with Crippen LogP contribution in [0.2, 0.25) is 0 Å². The largest absolute Gasteiger partial charge is 0.465 e. The molecule has 0 spiro atoms. The van der Waals surface area contributed by atoms with Crippen molar-refractivity contribution >= 4 is 6.09 Å². The van der Waals surface area contributed by atoms with Crippen LogP contribution in [0.1, 0.15) is 19.8 Å². The Morgan fingerprint density at radius 1 is 1.75 bits per heavy atom. The van der Waals surface area contributed by atoms with Crippen molar-refractivity contribution in [2.75, 3.05) is 19.6 Å². The van der Waals surface area contributed by atoms with Gasteiger partial charge in [0.25, 0.3) is 0 Å². The Hall–Kier alpha value is -0.770. The number of carbonyl (C=O) groups is 1. The molecule has 0 saturated carbocycles. The predicted octanol–water partition coefficient (Wildman–Crippen LogP) is 0.738. The topological polar surface area (TPSA) is 52.6 Å². The number of likely N-dealkylation sites (N-methyl/N-ethyl adjacent to an activating group) is 1. The average molecular weight is 172 g/mol. The van der Waals surface area contributed by atoms with E-state index in [0.29, 0.717) is 6.54 Å². The van der Waals surface area contributed by atoms with E-state index in [9.17, 15) is 4.79 Å². The molecule has 0 aliphatic carbocycles. The van der Waals surface area contributed by atoms with Gasteiger partial charge in [-0.1, -0.05) is 0 Å². The lowest BCUT2D eigenvalue weighted by Gasteiger charge is -2.31. The fourth-order valence-corrected chi connectivity index (χ4v) is 1.65. The van der Waals surface area contributed by atoms with Crippen LogP contribution in [-0.2, 0) is 0 Å².